The number of halogens is 1. The van der Waals surface area contributed by atoms with Gasteiger partial charge in [-0.05, 0) is 25.5 Å². The van der Waals surface area contributed by atoms with E-state index in [1.54, 1.807) is 14.2 Å². The van der Waals surface area contributed by atoms with Gasteiger partial charge in [-0.3, -0.25) is 9.89 Å². The van der Waals surface area contributed by atoms with E-state index in [1.807, 2.05) is 0 Å². The molecule has 1 aromatic rings. The van der Waals surface area contributed by atoms with Gasteiger partial charge >= 0.3 is 0 Å². The van der Waals surface area contributed by atoms with Gasteiger partial charge in [0.1, 0.15) is 0 Å². The van der Waals surface area contributed by atoms with Gasteiger partial charge < -0.3 is 20.3 Å². The molecule has 0 aliphatic carbocycles. The van der Waals surface area contributed by atoms with E-state index in [1.165, 1.54) is 5.56 Å². The molecule has 1 unspecified atom stereocenters. The Morgan fingerprint density at radius 1 is 1.15 bits per heavy atom. The lowest BCUT2D eigenvalue weighted by Crippen LogP contribution is -2.47. The zero-order chi connectivity index (χ0) is 18.6. The lowest BCUT2D eigenvalue weighted by Gasteiger charge is -2.34. The van der Waals surface area contributed by atoms with Gasteiger partial charge in [-0.2, -0.15) is 0 Å². The second kappa shape index (κ2) is 14.1. The first kappa shape index (κ1) is 24.1. The van der Waals surface area contributed by atoms with Crippen LogP contribution in [0.4, 0.5) is 0 Å². The number of ether oxygens (including phenoxy) is 1. The Morgan fingerprint density at radius 2 is 1.81 bits per heavy atom. The van der Waals surface area contributed by atoms with Crippen LogP contribution >= 0.6 is 24.0 Å². The maximum atomic E-state index is 5.14. The highest BCUT2D eigenvalue weighted by Gasteiger charge is 2.16. The predicted octanol–water partition coefficient (Wildman–Crippen LogP) is 2.01. The summed E-state index contributed by atoms with van der Waals surface area (Å²) >= 11 is 0. The van der Waals surface area contributed by atoms with Crippen molar-refractivity contribution in [1.82, 2.24) is 20.4 Å². The van der Waals surface area contributed by atoms with Crippen molar-refractivity contribution in [2.75, 3.05) is 60.0 Å². The summed E-state index contributed by atoms with van der Waals surface area (Å²) in [6.45, 7) is 10.5. The smallest absolute Gasteiger partial charge is 0.191 e. The quantitative estimate of drug-likeness (QED) is 0.241. The number of guanidine groups is 1. The highest BCUT2D eigenvalue weighted by molar-refractivity contribution is 14.0. The molecule has 0 bridgehead atoms. The molecule has 0 amide bonds. The highest BCUT2D eigenvalue weighted by Crippen LogP contribution is 2.08. The molecule has 1 fully saturated rings. The number of nitrogens with zero attached hydrogens (tertiary/aromatic N) is 3. The van der Waals surface area contributed by atoms with Gasteiger partial charge in [0.2, 0.25) is 0 Å². The molecule has 0 spiro atoms. The molecule has 27 heavy (non-hydrogen) atoms. The fourth-order valence-corrected chi connectivity index (χ4v) is 3.24. The first-order chi connectivity index (χ1) is 12.7. The summed E-state index contributed by atoms with van der Waals surface area (Å²) in [7, 11) is 3.52. The lowest BCUT2D eigenvalue weighted by atomic mass is 10.2. The van der Waals surface area contributed by atoms with Crippen LogP contribution in [0.15, 0.2) is 35.3 Å². The van der Waals surface area contributed by atoms with Crippen molar-refractivity contribution in [3.63, 3.8) is 0 Å². The molecule has 0 aromatic heterocycles. The number of piperazine rings is 1. The lowest BCUT2D eigenvalue weighted by molar-refractivity contribution is 0.126. The van der Waals surface area contributed by atoms with E-state index in [9.17, 15) is 0 Å². The molecule has 1 aromatic carbocycles. The van der Waals surface area contributed by atoms with Crippen molar-refractivity contribution in [3.05, 3.63) is 35.9 Å². The third-order valence-electron chi connectivity index (χ3n) is 4.68. The van der Waals surface area contributed by atoms with Crippen molar-refractivity contribution in [2.24, 2.45) is 4.99 Å². The summed E-state index contributed by atoms with van der Waals surface area (Å²) in [5, 5.41) is 6.71. The average molecular weight is 489 g/mol. The Morgan fingerprint density at radius 3 is 2.44 bits per heavy atom. The second-order valence-electron chi connectivity index (χ2n) is 6.96. The average Bonchev–Trinajstić information content (AvgIpc) is 2.66. The molecule has 1 atom stereocenters. The summed E-state index contributed by atoms with van der Waals surface area (Å²) in [4.78, 5) is 9.37. The van der Waals surface area contributed by atoms with Gasteiger partial charge in [0.25, 0.3) is 0 Å². The van der Waals surface area contributed by atoms with Gasteiger partial charge in [0.05, 0.1) is 6.61 Å². The maximum absolute atomic E-state index is 5.14. The molecule has 2 rings (SSSR count). The second-order valence-corrected chi connectivity index (χ2v) is 6.96. The van der Waals surface area contributed by atoms with Crippen LogP contribution in [0.2, 0.25) is 0 Å². The number of rotatable bonds is 9. The molecule has 0 radical (unpaired) electrons. The summed E-state index contributed by atoms with van der Waals surface area (Å²) in [5.41, 5.74) is 1.41. The van der Waals surface area contributed by atoms with Crippen LogP contribution in [0.25, 0.3) is 0 Å². The van der Waals surface area contributed by atoms with E-state index in [0.29, 0.717) is 6.61 Å². The van der Waals surface area contributed by atoms with Crippen LogP contribution in [0.3, 0.4) is 0 Å². The Labute approximate surface area is 181 Å². The van der Waals surface area contributed by atoms with Crippen LogP contribution in [-0.4, -0.2) is 81.8 Å². The SMILES string of the molecule is CN=C(NCCCN1CCN(Cc2ccccc2)CC1)NC(C)COC.I. The zero-order valence-corrected chi connectivity index (χ0v) is 19.3. The van der Waals surface area contributed by atoms with Crippen LogP contribution in [0.1, 0.15) is 18.9 Å². The Balaban J connectivity index is 0.00000364. The molecule has 1 saturated heterocycles. The number of benzene rings is 1. The number of aliphatic imine (C=N–C) groups is 1. The monoisotopic (exact) mass is 489 g/mol. The van der Waals surface area contributed by atoms with Crippen molar-refractivity contribution in [2.45, 2.75) is 25.9 Å². The fourth-order valence-electron chi connectivity index (χ4n) is 3.24. The Hall–Kier alpha value is -0.900. The number of methoxy groups -OCH3 is 1. The third-order valence-corrected chi connectivity index (χ3v) is 4.68. The minimum absolute atomic E-state index is 0. The van der Waals surface area contributed by atoms with Gasteiger partial charge in [-0.1, -0.05) is 30.3 Å². The summed E-state index contributed by atoms with van der Waals surface area (Å²) in [5.74, 6) is 0.849. The maximum Gasteiger partial charge on any atom is 0.191 e. The number of hydrogen-bond acceptors (Lipinski definition) is 4. The normalized spacial score (nSPS) is 17.2. The molecule has 0 saturated carbocycles. The zero-order valence-electron chi connectivity index (χ0n) is 17.0. The fraction of sp³-hybridized carbons (Fsp3) is 0.650. The molecule has 1 aliphatic heterocycles. The molecule has 154 valence electrons. The van der Waals surface area contributed by atoms with Crippen LogP contribution in [0, 0.1) is 0 Å². The van der Waals surface area contributed by atoms with Crippen molar-refractivity contribution < 1.29 is 4.74 Å². The minimum Gasteiger partial charge on any atom is -0.383 e. The van der Waals surface area contributed by atoms with Gasteiger partial charge in [-0.25, -0.2) is 0 Å². The van der Waals surface area contributed by atoms with Crippen molar-refractivity contribution >= 4 is 29.9 Å². The van der Waals surface area contributed by atoms with Crippen molar-refractivity contribution in [3.8, 4) is 0 Å². The first-order valence-corrected chi connectivity index (χ1v) is 9.66. The van der Waals surface area contributed by atoms with Crippen LogP contribution in [0.5, 0.6) is 0 Å². The Kier molecular flexibility index (Phi) is 12.6. The molecular weight excluding hydrogens is 453 g/mol. The van der Waals surface area contributed by atoms with Gasteiger partial charge in [0.15, 0.2) is 5.96 Å². The first-order valence-electron chi connectivity index (χ1n) is 9.66. The molecule has 1 heterocycles. The number of hydrogen-bond donors (Lipinski definition) is 2. The van der Waals surface area contributed by atoms with Gasteiger partial charge in [-0.15, -0.1) is 24.0 Å². The van der Waals surface area contributed by atoms with Crippen LogP contribution < -0.4 is 10.6 Å². The molecule has 6 nitrogen and oxygen atoms in total. The van der Waals surface area contributed by atoms with E-state index in [2.05, 4.69) is 62.7 Å². The van der Waals surface area contributed by atoms with E-state index < -0.39 is 0 Å². The summed E-state index contributed by atoms with van der Waals surface area (Å²) < 4.78 is 5.14. The van der Waals surface area contributed by atoms with E-state index >= 15 is 0 Å². The summed E-state index contributed by atoms with van der Waals surface area (Å²) in [6, 6.07) is 11.0. The molecular formula is C20H36IN5O. The van der Waals surface area contributed by atoms with Crippen molar-refractivity contribution in [1.29, 1.82) is 0 Å². The van der Waals surface area contributed by atoms with Crippen LogP contribution in [-0.2, 0) is 11.3 Å². The Bertz CT molecular complexity index is 520. The summed E-state index contributed by atoms with van der Waals surface area (Å²) in [6.07, 6.45) is 1.12. The van der Waals surface area contributed by atoms with E-state index in [-0.39, 0.29) is 30.0 Å². The van der Waals surface area contributed by atoms with E-state index in [4.69, 9.17) is 4.74 Å². The van der Waals surface area contributed by atoms with E-state index in [0.717, 1.165) is 58.2 Å². The minimum atomic E-state index is 0. The standard InChI is InChI=1S/C20H35N5O.HI/c1-18(17-26-3)23-20(21-2)22-10-7-11-24-12-14-25(15-13-24)16-19-8-5-4-6-9-19;/h4-6,8-9,18H,7,10-17H2,1-3H3,(H2,21,22,23);1H. The highest BCUT2D eigenvalue weighted by atomic mass is 127. The molecule has 2 N–H and O–H groups in total. The molecule has 1 aliphatic rings. The van der Waals surface area contributed by atoms with Gasteiger partial charge in [0, 0.05) is 59.5 Å². The third kappa shape index (κ3) is 9.73. The molecule has 7 heteroatoms. The largest absolute Gasteiger partial charge is 0.383 e. The predicted molar refractivity (Wildman–Crippen MR) is 124 cm³/mol. The topological polar surface area (TPSA) is 52.1 Å². The number of nitrogens with one attached hydrogen (secondary N) is 2.